The van der Waals surface area contributed by atoms with Gasteiger partial charge in [0.1, 0.15) is 0 Å². The third kappa shape index (κ3) is 3.12. The predicted octanol–water partition coefficient (Wildman–Crippen LogP) is 2.82. The average molecular weight is 327 g/mol. The number of anilines is 1. The Morgan fingerprint density at radius 1 is 1.17 bits per heavy atom. The molecule has 2 aromatic rings. The largest absolute Gasteiger partial charge is 0.399 e. The molecule has 4 rings (SSSR count). The van der Waals surface area contributed by atoms with Crippen molar-refractivity contribution in [1.29, 1.82) is 0 Å². The van der Waals surface area contributed by atoms with Gasteiger partial charge in [-0.15, -0.1) is 11.3 Å². The van der Waals surface area contributed by atoms with E-state index in [1.54, 1.807) is 0 Å². The Kier molecular flexibility index (Phi) is 3.83. The number of fused-ring (bicyclic) bond motifs is 2. The molecule has 0 radical (unpaired) electrons. The number of carbonyl (C=O) groups excluding carboxylic acids is 1. The molecule has 4 nitrogen and oxygen atoms in total. The molecule has 23 heavy (non-hydrogen) atoms. The zero-order valence-corrected chi connectivity index (χ0v) is 13.8. The van der Waals surface area contributed by atoms with Gasteiger partial charge < -0.3 is 16.0 Å². The third-order valence-electron chi connectivity index (χ3n) is 4.83. The van der Waals surface area contributed by atoms with Crippen LogP contribution in [0.5, 0.6) is 0 Å². The molecule has 2 aliphatic heterocycles. The van der Waals surface area contributed by atoms with E-state index in [4.69, 9.17) is 5.73 Å². The van der Waals surface area contributed by atoms with Crippen molar-refractivity contribution >= 4 is 22.9 Å². The Balaban J connectivity index is 1.44. The zero-order chi connectivity index (χ0) is 15.8. The van der Waals surface area contributed by atoms with E-state index in [0.717, 1.165) is 39.9 Å². The second kappa shape index (κ2) is 5.98. The fraction of sp³-hybridized carbons (Fsp3) is 0.389. The number of piperidine rings is 1. The van der Waals surface area contributed by atoms with Gasteiger partial charge in [-0.3, -0.25) is 4.79 Å². The fourth-order valence-electron chi connectivity index (χ4n) is 3.68. The number of nitrogens with two attached hydrogens (primary N) is 1. The van der Waals surface area contributed by atoms with Crippen LogP contribution in [0, 0.1) is 5.92 Å². The van der Waals surface area contributed by atoms with Crippen molar-refractivity contribution in [2.75, 3.05) is 25.4 Å². The number of nitrogens with zero attached hydrogens (tertiary/aromatic N) is 1. The van der Waals surface area contributed by atoms with Crippen LogP contribution in [0.2, 0.25) is 0 Å². The Bertz CT molecular complexity index is 697. The van der Waals surface area contributed by atoms with Crippen LogP contribution in [0.15, 0.2) is 36.4 Å². The van der Waals surface area contributed by atoms with Crippen LogP contribution in [0.3, 0.4) is 0 Å². The van der Waals surface area contributed by atoms with E-state index in [0.29, 0.717) is 6.04 Å². The average Bonchev–Trinajstić information content (AvgIpc) is 3.15. The highest BCUT2D eigenvalue weighted by Gasteiger charge is 2.33. The first-order valence-corrected chi connectivity index (χ1v) is 8.98. The quantitative estimate of drug-likeness (QED) is 0.852. The molecule has 3 heterocycles. The molecule has 0 spiro atoms. The Labute approximate surface area is 140 Å². The molecule has 1 unspecified atom stereocenters. The second-order valence-electron chi connectivity index (χ2n) is 6.61. The summed E-state index contributed by atoms with van der Waals surface area (Å²) in [4.78, 5) is 16.9. The number of nitrogens with one attached hydrogen (secondary N) is 1. The van der Waals surface area contributed by atoms with Crippen molar-refractivity contribution in [3.8, 4) is 10.4 Å². The minimum atomic E-state index is 0.0594. The molecule has 3 atom stereocenters. The van der Waals surface area contributed by atoms with Gasteiger partial charge in [-0.1, -0.05) is 12.1 Å². The highest BCUT2D eigenvalue weighted by molar-refractivity contribution is 7.17. The van der Waals surface area contributed by atoms with Crippen LogP contribution in [-0.4, -0.2) is 36.5 Å². The topological polar surface area (TPSA) is 58.4 Å². The molecule has 0 aliphatic carbocycles. The van der Waals surface area contributed by atoms with E-state index >= 15 is 0 Å². The SMILES string of the molecule is Nc1ccc(-c2ccc(C(=O)N[C@@H]3C[C@@H]4CCN(C4)C3)s2)cc1. The maximum absolute atomic E-state index is 12.5. The van der Waals surface area contributed by atoms with Crippen molar-refractivity contribution in [3.05, 3.63) is 41.3 Å². The van der Waals surface area contributed by atoms with E-state index in [1.807, 2.05) is 36.4 Å². The summed E-state index contributed by atoms with van der Waals surface area (Å²) in [5.41, 5.74) is 7.58. The fourth-order valence-corrected chi connectivity index (χ4v) is 4.60. The maximum atomic E-state index is 12.5. The lowest BCUT2D eigenvalue weighted by atomic mass is 9.97. The smallest absolute Gasteiger partial charge is 0.261 e. The first-order valence-electron chi connectivity index (χ1n) is 8.16. The van der Waals surface area contributed by atoms with Crippen molar-refractivity contribution in [3.63, 3.8) is 0 Å². The highest BCUT2D eigenvalue weighted by atomic mass is 32.1. The van der Waals surface area contributed by atoms with Gasteiger partial charge in [-0.05, 0) is 55.1 Å². The molecular formula is C18H21N3OS. The van der Waals surface area contributed by atoms with Crippen molar-refractivity contribution in [1.82, 2.24) is 10.2 Å². The number of benzene rings is 1. The van der Waals surface area contributed by atoms with E-state index in [-0.39, 0.29) is 5.91 Å². The number of thiophene rings is 1. The van der Waals surface area contributed by atoms with Gasteiger partial charge in [0, 0.05) is 29.7 Å². The van der Waals surface area contributed by atoms with Crippen LogP contribution < -0.4 is 11.1 Å². The van der Waals surface area contributed by atoms with E-state index in [9.17, 15) is 4.79 Å². The summed E-state index contributed by atoms with van der Waals surface area (Å²) in [7, 11) is 0. The number of hydrogen-bond donors (Lipinski definition) is 2. The maximum Gasteiger partial charge on any atom is 0.261 e. The summed E-state index contributed by atoms with van der Waals surface area (Å²) in [5, 5.41) is 3.22. The van der Waals surface area contributed by atoms with Crippen LogP contribution in [0.1, 0.15) is 22.5 Å². The molecule has 2 aliphatic rings. The lowest BCUT2D eigenvalue weighted by Gasteiger charge is -2.30. The van der Waals surface area contributed by atoms with Crippen LogP contribution >= 0.6 is 11.3 Å². The van der Waals surface area contributed by atoms with Gasteiger partial charge in [-0.25, -0.2) is 0 Å². The number of carbonyl (C=O) groups is 1. The number of hydrogen-bond acceptors (Lipinski definition) is 4. The minimum Gasteiger partial charge on any atom is -0.399 e. The van der Waals surface area contributed by atoms with E-state index < -0.39 is 0 Å². The van der Waals surface area contributed by atoms with Crippen molar-refractivity contribution < 1.29 is 4.79 Å². The second-order valence-corrected chi connectivity index (χ2v) is 7.69. The van der Waals surface area contributed by atoms with Gasteiger partial charge in [0.05, 0.1) is 4.88 Å². The van der Waals surface area contributed by atoms with Crippen LogP contribution in [0.4, 0.5) is 5.69 Å². The molecule has 1 aromatic carbocycles. The molecular weight excluding hydrogens is 306 g/mol. The predicted molar refractivity (Wildman–Crippen MR) is 94.6 cm³/mol. The molecule has 2 bridgehead atoms. The van der Waals surface area contributed by atoms with Crippen molar-refractivity contribution in [2.24, 2.45) is 5.92 Å². The first-order chi connectivity index (χ1) is 11.2. The lowest BCUT2D eigenvalue weighted by molar-refractivity contribution is 0.0913. The highest BCUT2D eigenvalue weighted by Crippen LogP contribution is 2.30. The van der Waals surface area contributed by atoms with E-state index in [2.05, 4.69) is 10.2 Å². The summed E-state index contributed by atoms with van der Waals surface area (Å²) < 4.78 is 0. The van der Waals surface area contributed by atoms with Gasteiger partial charge >= 0.3 is 0 Å². The monoisotopic (exact) mass is 327 g/mol. The summed E-state index contributed by atoms with van der Waals surface area (Å²) in [5.74, 6) is 0.826. The van der Waals surface area contributed by atoms with Crippen LogP contribution in [0.25, 0.3) is 10.4 Å². The molecule has 0 saturated carbocycles. The van der Waals surface area contributed by atoms with Gasteiger partial charge in [0.25, 0.3) is 5.91 Å². The zero-order valence-electron chi connectivity index (χ0n) is 13.0. The summed E-state index contributed by atoms with van der Waals surface area (Å²) >= 11 is 1.54. The molecule has 2 saturated heterocycles. The Hall–Kier alpha value is -1.85. The minimum absolute atomic E-state index is 0.0594. The Morgan fingerprint density at radius 3 is 2.78 bits per heavy atom. The third-order valence-corrected chi connectivity index (χ3v) is 5.96. The van der Waals surface area contributed by atoms with Gasteiger partial charge in [0.15, 0.2) is 0 Å². The number of rotatable bonds is 3. The standard InChI is InChI=1S/C18H21N3OS/c19-14-3-1-13(2-4-14)16-5-6-17(23-16)18(22)20-15-9-12-7-8-21(10-12)11-15/h1-6,12,15H,7-11,19H2,(H,20,22)/t12-,15+/m0/s1. The van der Waals surface area contributed by atoms with Crippen LogP contribution in [-0.2, 0) is 0 Å². The molecule has 120 valence electrons. The van der Waals surface area contributed by atoms with Gasteiger partial charge in [-0.2, -0.15) is 0 Å². The molecule has 2 fully saturated rings. The summed E-state index contributed by atoms with van der Waals surface area (Å²) in [6.07, 6.45) is 2.41. The molecule has 3 N–H and O–H groups in total. The lowest BCUT2D eigenvalue weighted by Crippen LogP contribution is -2.46. The summed E-state index contributed by atoms with van der Waals surface area (Å²) in [6.45, 7) is 3.41. The number of nitrogen functional groups attached to an aromatic ring is 1. The first kappa shape index (κ1) is 14.7. The van der Waals surface area contributed by atoms with Gasteiger partial charge in [0.2, 0.25) is 0 Å². The Morgan fingerprint density at radius 2 is 2.00 bits per heavy atom. The normalized spacial score (nSPS) is 26.2. The number of amides is 1. The van der Waals surface area contributed by atoms with Crippen molar-refractivity contribution in [2.45, 2.75) is 18.9 Å². The van der Waals surface area contributed by atoms with E-state index in [1.165, 1.54) is 30.8 Å². The molecule has 1 aromatic heterocycles. The molecule has 1 amide bonds. The summed E-state index contributed by atoms with van der Waals surface area (Å²) in [6, 6.07) is 12.0. The molecule has 5 heteroatoms.